The molecule has 0 aliphatic heterocycles. The molecule has 0 N–H and O–H groups in total. The van der Waals surface area contributed by atoms with Crippen LogP contribution < -0.4 is 0 Å². The minimum absolute atomic E-state index is 0.00386. The first-order valence-corrected chi connectivity index (χ1v) is 10.7. The van der Waals surface area contributed by atoms with Crippen molar-refractivity contribution >= 4 is 30.7 Å². The summed E-state index contributed by atoms with van der Waals surface area (Å²) in [6.07, 6.45) is 4.72. The van der Waals surface area contributed by atoms with E-state index < -0.39 is 37.4 Å². The molecule has 2 aromatic rings. The fourth-order valence-electron chi connectivity index (χ4n) is 3.07. The highest BCUT2D eigenvalue weighted by molar-refractivity contribution is 7.86. The Morgan fingerprint density at radius 3 is 1.96 bits per heavy atom. The molecule has 0 saturated heterocycles. The maximum absolute atomic E-state index is 13.4. The van der Waals surface area contributed by atoms with E-state index in [0.717, 1.165) is 38.2 Å². The Morgan fingerprint density at radius 2 is 1.50 bits per heavy atom. The van der Waals surface area contributed by atoms with Gasteiger partial charge in [0, 0.05) is 23.4 Å². The summed E-state index contributed by atoms with van der Waals surface area (Å²) >= 11 is 0. The normalized spacial score (nSPS) is 17.4. The van der Waals surface area contributed by atoms with Crippen molar-refractivity contribution in [3.63, 3.8) is 0 Å². The Bertz CT molecular complexity index is 924. The molecule has 1 unspecified atom stereocenters. The molecule has 0 amide bonds. The Hall–Kier alpha value is -1.40. The lowest BCUT2D eigenvalue weighted by Gasteiger charge is -2.18. The van der Waals surface area contributed by atoms with Gasteiger partial charge in [-0.3, -0.25) is 0 Å². The molecule has 3 nitrogen and oxygen atoms in total. The van der Waals surface area contributed by atoms with Crippen LogP contribution in [-0.4, -0.2) is 18.5 Å². The van der Waals surface area contributed by atoms with E-state index in [1.807, 2.05) is 0 Å². The third-order valence-electron chi connectivity index (χ3n) is 4.25. The highest BCUT2D eigenvalue weighted by Gasteiger charge is 2.49. The van der Waals surface area contributed by atoms with Crippen molar-refractivity contribution in [2.75, 3.05) is 0 Å². The molecule has 1 atom stereocenters. The summed E-state index contributed by atoms with van der Waals surface area (Å²) < 4.78 is 113. The second-order valence-corrected chi connectivity index (χ2v) is 9.57. The summed E-state index contributed by atoms with van der Waals surface area (Å²) in [4.78, 5) is 0.470. The highest BCUT2D eigenvalue weighted by Crippen LogP contribution is 2.55. The van der Waals surface area contributed by atoms with Gasteiger partial charge < -0.3 is 4.55 Å². The van der Waals surface area contributed by atoms with Crippen LogP contribution in [0.25, 0.3) is 10.1 Å². The molecule has 1 saturated carbocycles. The van der Waals surface area contributed by atoms with E-state index in [1.54, 1.807) is 6.07 Å². The molecule has 3 rings (SSSR count). The van der Waals surface area contributed by atoms with Crippen molar-refractivity contribution in [1.82, 2.24) is 0 Å². The summed E-state index contributed by atoms with van der Waals surface area (Å²) in [5, 5.41) is 0.535. The summed E-state index contributed by atoms with van der Waals surface area (Å²) in [5.41, 5.74) is -9.96. The number of benzene rings is 1. The van der Waals surface area contributed by atoms with Gasteiger partial charge in [-0.05, 0) is 25.0 Å². The summed E-state index contributed by atoms with van der Waals surface area (Å²) in [6.45, 7) is 0. The number of hydrogen-bond donors (Lipinski definition) is 0. The zero-order chi connectivity index (χ0) is 21.3. The number of fused-ring (bicyclic) bond motifs is 1. The van der Waals surface area contributed by atoms with Crippen LogP contribution in [0.2, 0.25) is 0 Å². The molecule has 1 aliphatic rings. The van der Waals surface area contributed by atoms with Crippen LogP contribution in [0.5, 0.6) is 0 Å². The van der Waals surface area contributed by atoms with Gasteiger partial charge in [-0.2, -0.15) is 13.2 Å². The summed E-state index contributed by atoms with van der Waals surface area (Å²) in [7, 11) is -8.03. The van der Waals surface area contributed by atoms with Crippen LogP contribution in [0, 0.1) is 5.82 Å². The molecule has 1 heterocycles. The minimum atomic E-state index is -6.09. The second kappa shape index (κ2) is 8.15. The lowest BCUT2D eigenvalue weighted by atomic mass is 9.88. The Kier molecular flexibility index (Phi) is 6.66. The van der Waals surface area contributed by atoms with E-state index in [2.05, 4.69) is 0 Å². The summed E-state index contributed by atoms with van der Waals surface area (Å²) in [6, 6.07) is 5.41. The monoisotopic (exact) mass is 452 g/mol. The summed E-state index contributed by atoms with van der Waals surface area (Å²) in [5.74, 6) is -0.590. The molecule has 1 aromatic carbocycles. The zero-order valence-corrected chi connectivity index (χ0v) is 15.7. The van der Waals surface area contributed by atoms with Crippen LogP contribution in [0.4, 0.5) is 30.7 Å². The van der Waals surface area contributed by atoms with Gasteiger partial charge in [0.05, 0.1) is 10.5 Å². The smallest absolute Gasteiger partial charge is 0.600 e. The Balaban J connectivity index is 0.000000300. The van der Waals surface area contributed by atoms with Crippen molar-refractivity contribution < 1.29 is 43.7 Å². The van der Waals surface area contributed by atoms with Gasteiger partial charge in [0.15, 0.2) is 19.7 Å². The van der Waals surface area contributed by atoms with E-state index in [1.165, 1.54) is 12.1 Å². The van der Waals surface area contributed by atoms with Crippen molar-refractivity contribution in [3.05, 3.63) is 35.0 Å². The quantitative estimate of drug-likeness (QED) is 0.221. The predicted molar refractivity (Wildman–Crippen MR) is 89.3 cm³/mol. The number of rotatable bonds is 1. The van der Waals surface area contributed by atoms with Gasteiger partial charge in [0.25, 0.3) is 0 Å². The van der Waals surface area contributed by atoms with Gasteiger partial charge in [0.1, 0.15) is 5.82 Å². The molecule has 0 spiro atoms. The lowest BCUT2D eigenvalue weighted by molar-refractivity contribution is -0.0868. The van der Waals surface area contributed by atoms with Gasteiger partial charge >= 0.3 is 11.0 Å². The maximum atomic E-state index is 13.4. The molecular formula is C16H15F7O3S2. The first kappa shape index (κ1) is 22.9. The molecular weight excluding hydrogens is 437 g/mol. The van der Waals surface area contributed by atoms with Gasteiger partial charge in [0.2, 0.25) is 0 Å². The molecule has 1 aliphatic carbocycles. The van der Waals surface area contributed by atoms with Crippen LogP contribution in [0.3, 0.4) is 0 Å². The van der Waals surface area contributed by atoms with Crippen LogP contribution in [0.15, 0.2) is 24.3 Å². The molecule has 1 aromatic heterocycles. The third-order valence-corrected chi connectivity index (χ3v) is 7.00. The topological polar surface area (TPSA) is 57.2 Å². The number of halogens is 7. The van der Waals surface area contributed by atoms with E-state index in [9.17, 15) is 30.7 Å². The molecule has 0 bridgehead atoms. The molecule has 1 fully saturated rings. The molecule has 28 heavy (non-hydrogen) atoms. The fraction of sp³-hybridized carbons (Fsp3) is 0.500. The number of hydrogen-bond acceptors (Lipinski definition) is 3. The number of thiophene rings is 1. The van der Waals surface area contributed by atoms with Crippen LogP contribution in [0.1, 0.15) is 42.9 Å². The maximum Gasteiger partial charge on any atom is 0.600 e. The average Bonchev–Trinajstić information content (AvgIpc) is 2.93. The van der Waals surface area contributed by atoms with Gasteiger partial charge in [-0.15, -0.1) is 13.2 Å². The van der Waals surface area contributed by atoms with Crippen molar-refractivity contribution in [2.24, 2.45) is 0 Å². The van der Waals surface area contributed by atoms with Crippen molar-refractivity contribution in [1.29, 1.82) is 0 Å². The van der Waals surface area contributed by atoms with E-state index in [0.29, 0.717) is 10.3 Å². The minimum Gasteiger partial charge on any atom is -0.741 e. The molecule has 12 heteroatoms. The van der Waals surface area contributed by atoms with E-state index >= 15 is 0 Å². The lowest BCUT2D eigenvalue weighted by Crippen LogP contribution is -2.21. The second-order valence-electron chi connectivity index (χ2n) is 6.22. The highest BCUT2D eigenvalue weighted by atomic mass is 32.2. The molecule has 158 valence electrons. The number of alkyl halides is 6. The van der Waals surface area contributed by atoms with E-state index in [4.69, 9.17) is 13.0 Å². The largest absolute Gasteiger partial charge is 0.741 e. The first-order valence-electron chi connectivity index (χ1n) is 8.06. The zero-order valence-electron chi connectivity index (χ0n) is 14.1. The SMILES string of the molecule is Fc1ccc2cc(C3CCCCC3)[s+](C(F)(F)F)c2c1.O=S(=O)([O-])C(F)(F)F. The van der Waals surface area contributed by atoms with Crippen molar-refractivity contribution in [2.45, 2.75) is 49.0 Å². The third kappa shape index (κ3) is 5.35. The molecule has 0 radical (unpaired) electrons. The first-order chi connectivity index (χ1) is 12.7. The van der Waals surface area contributed by atoms with Gasteiger partial charge in [-0.1, -0.05) is 19.3 Å². The Labute approximate surface area is 158 Å². The standard InChI is InChI=1S/C15H15F4S.CHF3O3S/c16-12-7-6-11-8-13(10-4-2-1-3-5-10)20(14(11)9-12)15(17,18)19;2-1(3,4)8(5,6)7/h6-10H,1-5H2;(H,5,6,7)/q+1;/p-1. The Morgan fingerprint density at radius 1 is 0.964 bits per heavy atom. The fourth-order valence-corrected chi connectivity index (χ4v) is 5.25. The van der Waals surface area contributed by atoms with E-state index in [-0.39, 0.29) is 10.6 Å². The average molecular weight is 452 g/mol. The van der Waals surface area contributed by atoms with Gasteiger partial charge in [-0.25, -0.2) is 12.8 Å². The van der Waals surface area contributed by atoms with Crippen LogP contribution >= 0.6 is 10.5 Å². The predicted octanol–water partition coefficient (Wildman–Crippen LogP) is 6.30. The van der Waals surface area contributed by atoms with Crippen LogP contribution in [-0.2, 0) is 15.6 Å². The van der Waals surface area contributed by atoms with Crippen molar-refractivity contribution in [3.8, 4) is 0 Å².